The predicted molar refractivity (Wildman–Crippen MR) is 154 cm³/mol. The number of nitrogens with zero attached hydrogens (tertiary/aromatic N) is 10. The first-order valence-corrected chi connectivity index (χ1v) is 12.7. The Bertz CT molecular complexity index is 1700. The maximum Gasteiger partial charge on any atom is 0.315 e. The first kappa shape index (κ1) is 32.7. The van der Waals surface area contributed by atoms with Crippen LogP contribution < -0.4 is 32.8 Å². The fourth-order valence-electron chi connectivity index (χ4n) is 4.40. The van der Waals surface area contributed by atoms with Gasteiger partial charge in [0.1, 0.15) is 11.1 Å². The highest BCUT2D eigenvalue weighted by Crippen LogP contribution is 2.27. The Morgan fingerprint density at radius 1 is 0.864 bits per heavy atom. The lowest BCUT2D eigenvalue weighted by atomic mass is 10.1. The average molecular weight is 616 g/mol. The number of anilines is 2. The molecule has 19 nitrogen and oxygen atoms in total. The molecule has 2 amide bonds. The second-order valence-corrected chi connectivity index (χ2v) is 9.05. The van der Waals surface area contributed by atoms with Crippen molar-refractivity contribution in [2.45, 2.75) is 26.9 Å². The van der Waals surface area contributed by atoms with Crippen molar-refractivity contribution in [1.82, 2.24) is 24.1 Å². The van der Waals surface area contributed by atoms with E-state index in [0.29, 0.717) is 0 Å². The minimum absolute atomic E-state index is 0.0106. The van der Waals surface area contributed by atoms with E-state index in [9.17, 15) is 33.8 Å². The first-order chi connectivity index (χ1) is 20.8. The fourth-order valence-corrected chi connectivity index (χ4v) is 4.40. The molecule has 3 heterocycles. The Morgan fingerprint density at radius 2 is 1.30 bits per heavy atom. The van der Waals surface area contributed by atoms with E-state index >= 15 is 0 Å². The molecule has 3 rings (SSSR count). The van der Waals surface area contributed by atoms with Gasteiger partial charge in [-0.2, -0.15) is 39.8 Å². The molecule has 0 aliphatic rings. The Kier molecular flexibility index (Phi) is 9.98. The van der Waals surface area contributed by atoms with Crippen LogP contribution in [0.3, 0.4) is 0 Å². The number of aromatic hydroxyl groups is 2. The van der Waals surface area contributed by atoms with Gasteiger partial charge in [0, 0.05) is 58.4 Å². The molecule has 0 aliphatic heterocycles. The van der Waals surface area contributed by atoms with E-state index < -0.39 is 40.8 Å². The zero-order chi connectivity index (χ0) is 32.9. The van der Waals surface area contributed by atoms with Gasteiger partial charge in [-0.25, -0.2) is 0 Å². The summed E-state index contributed by atoms with van der Waals surface area (Å²) in [7, 11) is 4.03. The van der Waals surface area contributed by atoms with E-state index in [1.54, 1.807) is 0 Å². The third-order valence-corrected chi connectivity index (χ3v) is 6.50. The molecule has 0 atom stereocenters. The van der Waals surface area contributed by atoms with Gasteiger partial charge < -0.3 is 31.9 Å². The number of carbonyl (C=O) groups is 2. The monoisotopic (exact) mass is 615 g/mol. The molecule has 0 saturated heterocycles. The molecule has 0 bridgehead atoms. The van der Waals surface area contributed by atoms with Crippen LogP contribution in [0, 0.1) is 19.9 Å². The largest absolute Gasteiger partial charge is 0.494 e. The summed E-state index contributed by atoms with van der Waals surface area (Å²) in [5, 5.41) is 38.9. The molecule has 0 aliphatic carbocycles. The van der Waals surface area contributed by atoms with Crippen LogP contribution in [0.5, 0.6) is 11.8 Å². The quantitative estimate of drug-likeness (QED) is 0.172. The van der Waals surface area contributed by atoms with Gasteiger partial charge >= 0.3 is 6.08 Å². The van der Waals surface area contributed by atoms with Crippen molar-refractivity contribution in [3.63, 3.8) is 0 Å². The zero-order valence-electron chi connectivity index (χ0n) is 24.4. The number of aromatic nitrogens is 5. The zero-order valence-corrected chi connectivity index (χ0v) is 24.4. The Labute approximate surface area is 247 Å². The Hall–Kier alpha value is -5.82. The number of rotatable bonds is 12. The number of hydrogen-bond donors (Lipinski definition) is 5. The van der Waals surface area contributed by atoms with Crippen molar-refractivity contribution < 1.29 is 24.2 Å². The van der Waals surface area contributed by atoms with Gasteiger partial charge in [0.15, 0.2) is 11.4 Å². The Morgan fingerprint density at radius 3 is 1.66 bits per heavy atom. The summed E-state index contributed by atoms with van der Waals surface area (Å²) in [6.45, 7) is 1.50. The molecule has 234 valence electrons. The lowest BCUT2D eigenvalue weighted by Crippen LogP contribution is -2.37. The maximum atomic E-state index is 14.3. The molecular weight excluding hydrogens is 585 g/mol. The maximum absolute atomic E-state index is 14.3. The number of halogens is 1. The molecule has 3 aromatic heterocycles. The van der Waals surface area contributed by atoms with Crippen molar-refractivity contribution in [1.29, 1.82) is 0 Å². The Balaban J connectivity index is 2.15. The molecule has 3 aromatic rings. The molecule has 7 N–H and O–H groups in total. The topological polar surface area (TPSA) is 274 Å². The summed E-state index contributed by atoms with van der Waals surface area (Å²) in [4.78, 5) is 63.2. The summed E-state index contributed by atoms with van der Waals surface area (Å²) in [5.74, 6) is -3.99. The molecule has 44 heavy (non-hydrogen) atoms. The van der Waals surface area contributed by atoms with E-state index in [4.69, 9.17) is 11.5 Å². The van der Waals surface area contributed by atoms with Crippen LogP contribution in [0.4, 0.5) is 27.7 Å². The molecule has 0 saturated carbocycles. The second-order valence-electron chi connectivity index (χ2n) is 9.05. The molecular formula is C24H30FN13O6. The number of primary amides is 2. The second kappa shape index (κ2) is 13.4. The summed E-state index contributed by atoms with van der Waals surface area (Å²) in [6.07, 6.45) is -1.17. The summed E-state index contributed by atoms with van der Waals surface area (Å²) < 4.78 is 16.0. The van der Waals surface area contributed by atoms with Gasteiger partial charge in [0.2, 0.25) is 23.7 Å². The van der Waals surface area contributed by atoms with Crippen molar-refractivity contribution in [2.75, 3.05) is 44.4 Å². The standard InChI is InChI=1S/C24H30FN13O6/c1-10-12(16(26)39)18(41)37(20(43)14(10)34-29-4)8-6-36(24-32-22(25)31-23(28-3)33-24)7-9-38-19(42)13(17(27)40)11(2)15(21(38)44)35-30-5/h41-42H,6-9H2,1-5H3,(H2,26,39)(H2,27,40)(H,28,31,32,33). The molecule has 0 fully saturated rings. The number of azo groups is 2. The predicted octanol–water partition coefficient (Wildman–Crippen LogP) is 0.235. The number of nitrogens with two attached hydrogens (primary N) is 2. The van der Waals surface area contributed by atoms with E-state index in [2.05, 4.69) is 40.7 Å². The highest BCUT2D eigenvalue weighted by atomic mass is 19.1. The normalized spacial score (nSPS) is 11.4. The highest BCUT2D eigenvalue weighted by molar-refractivity contribution is 5.98. The summed E-state index contributed by atoms with van der Waals surface area (Å²) >= 11 is 0. The van der Waals surface area contributed by atoms with Gasteiger partial charge in [-0.15, -0.1) is 0 Å². The minimum Gasteiger partial charge on any atom is -0.494 e. The third-order valence-electron chi connectivity index (χ3n) is 6.50. The van der Waals surface area contributed by atoms with Gasteiger partial charge in [0.05, 0.1) is 0 Å². The van der Waals surface area contributed by atoms with Crippen molar-refractivity contribution >= 4 is 35.1 Å². The van der Waals surface area contributed by atoms with Crippen LogP contribution in [0.25, 0.3) is 0 Å². The van der Waals surface area contributed by atoms with Crippen molar-refractivity contribution in [3.8, 4) is 11.8 Å². The van der Waals surface area contributed by atoms with Crippen molar-refractivity contribution in [2.24, 2.45) is 31.9 Å². The molecule has 0 aromatic carbocycles. The van der Waals surface area contributed by atoms with Crippen molar-refractivity contribution in [3.05, 3.63) is 49.0 Å². The minimum atomic E-state index is -1.17. The van der Waals surface area contributed by atoms with E-state index in [-0.39, 0.29) is 71.7 Å². The van der Waals surface area contributed by atoms with Crippen LogP contribution in [-0.2, 0) is 13.1 Å². The van der Waals surface area contributed by atoms with E-state index in [0.717, 1.165) is 9.13 Å². The molecule has 0 spiro atoms. The molecule has 20 heteroatoms. The SMILES string of the molecule is CN=Nc1c(C)c(C(N)=O)c(O)n(CCN(CCn2c(O)c(C(N)=O)c(C)c(N=NC)c2=O)c2nc(F)nc(NC)n2)c1=O. The summed E-state index contributed by atoms with van der Waals surface area (Å²) in [6, 6.07) is 0. The smallest absolute Gasteiger partial charge is 0.315 e. The van der Waals surface area contributed by atoms with Crippen LogP contribution >= 0.6 is 0 Å². The number of pyridine rings is 2. The number of hydrogen-bond acceptors (Lipinski definition) is 15. The van der Waals surface area contributed by atoms with Crippen LogP contribution in [-0.4, -0.2) is 80.3 Å². The van der Waals surface area contributed by atoms with Gasteiger partial charge in [-0.05, 0) is 13.8 Å². The number of nitrogens with one attached hydrogen (secondary N) is 1. The third kappa shape index (κ3) is 6.32. The number of amides is 2. The molecule has 0 unspecified atom stereocenters. The van der Waals surface area contributed by atoms with Gasteiger partial charge in [-0.3, -0.25) is 28.3 Å². The van der Waals surface area contributed by atoms with E-state index in [1.165, 1.54) is 39.9 Å². The number of carbonyl (C=O) groups excluding carboxylic acids is 2. The van der Waals surface area contributed by atoms with Gasteiger partial charge in [-0.1, -0.05) is 0 Å². The van der Waals surface area contributed by atoms with Crippen LogP contribution in [0.15, 0.2) is 30.0 Å². The average Bonchev–Trinajstić information content (AvgIpc) is 2.95. The van der Waals surface area contributed by atoms with Gasteiger partial charge in [0.25, 0.3) is 22.9 Å². The van der Waals surface area contributed by atoms with E-state index in [1.807, 2.05) is 0 Å². The highest BCUT2D eigenvalue weighted by Gasteiger charge is 2.26. The summed E-state index contributed by atoms with van der Waals surface area (Å²) in [5.41, 5.74) is 8.03. The fraction of sp³-hybridized carbons (Fsp3) is 0.375. The van der Waals surface area contributed by atoms with Crippen LogP contribution in [0.1, 0.15) is 31.8 Å². The lowest BCUT2D eigenvalue weighted by molar-refractivity contribution is 0.0986. The lowest BCUT2D eigenvalue weighted by Gasteiger charge is -2.25. The molecule has 0 radical (unpaired) electrons. The first-order valence-electron chi connectivity index (χ1n) is 12.7. The van der Waals surface area contributed by atoms with Crippen LogP contribution in [0.2, 0.25) is 0 Å².